The Kier molecular flexibility index (Phi) is 4.37. The fourth-order valence-electron chi connectivity index (χ4n) is 2.33. The summed E-state index contributed by atoms with van der Waals surface area (Å²) in [6.45, 7) is 0. The number of benzene rings is 2. The first-order valence-corrected chi connectivity index (χ1v) is 9.03. The van der Waals surface area contributed by atoms with Crippen molar-refractivity contribution in [1.82, 2.24) is 0 Å². The molecule has 0 spiro atoms. The first-order chi connectivity index (χ1) is 11.0. The minimum absolute atomic E-state index is 0.0524. The van der Waals surface area contributed by atoms with Crippen molar-refractivity contribution in [3.8, 4) is 20.0 Å². The fraction of sp³-hybridized carbons (Fsp3) is 0.105. The van der Waals surface area contributed by atoms with E-state index in [0.717, 1.165) is 31.4 Å². The average molecular weight is 369 g/mol. The van der Waals surface area contributed by atoms with Gasteiger partial charge in [-0.1, -0.05) is 0 Å². The van der Waals surface area contributed by atoms with Crippen molar-refractivity contribution >= 4 is 25.9 Å². The van der Waals surface area contributed by atoms with Gasteiger partial charge in [-0.25, -0.2) is 0 Å². The third-order valence-electron chi connectivity index (χ3n) is 3.63. The molecule has 0 atom stereocenters. The average Bonchev–Trinajstić information content (AvgIpc) is 2.55. The Morgan fingerprint density at radius 2 is 1.30 bits per heavy atom. The van der Waals surface area contributed by atoms with Crippen molar-refractivity contribution in [1.29, 1.82) is 0 Å². The summed E-state index contributed by atoms with van der Waals surface area (Å²) in [7, 11) is 4.04. The molecule has 0 saturated heterocycles. The summed E-state index contributed by atoms with van der Waals surface area (Å²) < 4.78 is 2.21. The van der Waals surface area contributed by atoms with E-state index in [-0.39, 0.29) is 19.9 Å². The van der Waals surface area contributed by atoms with Gasteiger partial charge in [-0.05, 0) is 0 Å². The zero-order valence-corrected chi connectivity index (χ0v) is 14.8. The van der Waals surface area contributed by atoms with Crippen LogP contribution in [0.2, 0.25) is 0 Å². The molecule has 0 saturated carbocycles. The van der Waals surface area contributed by atoms with Crippen LogP contribution >= 0.6 is 0 Å². The zero-order chi connectivity index (χ0) is 16.4. The van der Waals surface area contributed by atoms with Gasteiger partial charge in [0, 0.05) is 0 Å². The van der Waals surface area contributed by atoms with Gasteiger partial charge in [0.1, 0.15) is 0 Å². The van der Waals surface area contributed by atoms with Gasteiger partial charge in [-0.3, -0.25) is 0 Å². The molecule has 1 heterocycles. The topological polar surface area (TPSA) is 46.3 Å². The molecule has 0 unspecified atom stereocenters. The van der Waals surface area contributed by atoms with Crippen LogP contribution in [0.1, 0.15) is 0 Å². The van der Waals surface area contributed by atoms with E-state index in [1.165, 1.54) is 0 Å². The van der Waals surface area contributed by atoms with Gasteiger partial charge < -0.3 is 0 Å². The number of hydrogen-bond acceptors (Lipinski definition) is 3. The fourth-order valence-corrected chi connectivity index (χ4v) is 4.63. The van der Waals surface area contributed by atoms with Crippen molar-refractivity contribution < 1.29 is 0 Å². The molecule has 1 aromatic heterocycles. The molecular weight excluding hydrogens is 351 g/mol. The van der Waals surface area contributed by atoms with E-state index >= 15 is 0 Å². The number of nitrogen functional groups attached to an aromatic ring is 1. The SMILES string of the molecule is CN(C)c1ccc(-c2cc(=O)cc(-c3ccc(N)cc3)[se]2)cc1. The predicted molar refractivity (Wildman–Crippen MR) is 99.3 cm³/mol. The summed E-state index contributed by atoms with van der Waals surface area (Å²) in [4.78, 5) is 14.2. The quantitative estimate of drug-likeness (QED) is 0.570. The molecule has 3 rings (SSSR count). The normalized spacial score (nSPS) is 10.5. The minimum atomic E-state index is 0.0524. The Morgan fingerprint density at radius 1 is 0.826 bits per heavy atom. The van der Waals surface area contributed by atoms with E-state index in [1.54, 1.807) is 12.1 Å². The zero-order valence-electron chi connectivity index (χ0n) is 13.1. The van der Waals surface area contributed by atoms with Crippen molar-refractivity contribution in [3.05, 3.63) is 70.9 Å². The monoisotopic (exact) mass is 370 g/mol. The molecule has 3 aromatic rings. The van der Waals surface area contributed by atoms with Crippen LogP contribution in [0.15, 0.2) is 65.5 Å². The van der Waals surface area contributed by atoms with Crippen molar-refractivity contribution in [2.75, 3.05) is 24.7 Å². The molecule has 23 heavy (non-hydrogen) atoms. The number of hydrogen-bond donors (Lipinski definition) is 1. The molecule has 2 N–H and O–H groups in total. The van der Waals surface area contributed by atoms with E-state index in [0.29, 0.717) is 0 Å². The van der Waals surface area contributed by atoms with Gasteiger partial charge >= 0.3 is 141 Å². The Bertz CT molecular complexity index is 865. The van der Waals surface area contributed by atoms with E-state index in [4.69, 9.17) is 5.73 Å². The molecule has 4 heteroatoms. The van der Waals surface area contributed by atoms with E-state index in [1.807, 2.05) is 38.4 Å². The number of anilines is 2. The summed E-state index contributed by atoms with van der Waals surface area (Å²) in [6.07, 6.45) is 0. The Morgan fingerprint density at radius 3 is 1.78 bits per heavy atom. The molecule has 2 aromatic carbocycles. The van der Waals surface area contributed by atoms with Gasteiger partial charge in [0.15, 0.2) is 0 Å². The second-order valence-electron chi connectivity index (χ2n) is 5.58. The van der Waals surface area contributed by atoms with Crippen molar-refractivity contribution in [2.24, 2.45) is 0 Å². The summed E-state index contributed by atoms with van der Waals surface area (Å²) in [5.41, 5.74) is 9.87. The molecule has 0 bridgehead atoms. The first kappa shape index (κ1) is 15.6. The van der Waals surface area contributed by atoms with Crippen LogP contribution in [0.25, 0.3) is 20.0 Å². The molecule has 0 fully saturated rings. The molecule has 0 amide bonds. The van der Waals surface area contributed by atoms with Gasteiger partial charge in [0.25, 0.3) is 0 Å². The second kappa shape index (κ2) is 6.45. The van der Waals surface area contributed by atoms with Crippen LogP contribution in [0, 0.1) is 0 Å². The van der Waals surface area contributed by atoms with E-state index < -0.39 is 0 Å². The Hall–Kier alpha value is -2.29. The first-order valence-electron chi connectivity index (χ1n) is 7.32. The molecular formula is C19H18N2OSe. The second-order valence-corrected chi connectivity index (χ2v) is 7.86. The van der Waals surface area contributed by atoms with Gasteiger partial charge in [0.2, 0.25) is 0 Å². The van der Waals surface area contributed by atoms with E-state index in [2.05, 4.69) is 29.2 Å². The maximum absolute atomic E-state index is 12.1. The van der Waals surface area contributed by atoms with Gasteiger partial charge in [-0.15, -0.1) is 0 Å². The standard InChI is InChI=1S/C19H18N2OSe/c1-21(2)16-9-5-14(6-10-16)19-12-17(22)11-18(23-19)13-3-7-15(20)8-4-13/h3-12H,20H2,1-2H3. The van der Waals surface area contributed by atoms with Gasteiger partial charge in [-0.2, -0.15) is 0 Å². The molecule has 3 nitrogen and oxygen atoms in total. The van der Waals surface area contributed by atoms with Crippen molar-refractivity contribution in [2.45, 2.75) is 0 Å². The van der Waals surface area contributed by atoms with Crippen LogP contribution in [0.3, 0.4) is 0 Å². The summed E-state index contributed by atoms with van der Waals surface area (Å²) >= 11 is 0.101. The molecule has 0 aliphatic heterocycles. The Labute approximate surface area is 141 Å². The van der Waals surface area contributed by atoms with E-state index in [9.17, 15) is 4.79 Å². The van der Waals surface area contributed by atoms with Crippen LogP contribution in [-0.4, -0.2) is 28.6 Å². The Balaban J connectivity index is 2.03. The molecule has 0 radical (unpaired) electrons. The van der Waals surface area contributed by atoms with Crippen LogP contribution in [-0.2, 0) is 0 Å². The maximum atomic E-state index is 12.1. The number of nitrogens with zero attached hydrogens (tertiary/aromatic N) is 1. The van der Waals surface area contributed by atoms with Crippen LogP contribution in [0.5, 0.6) is 0 Å². The van der Waals surface area contributed by atoms with Crippen LogP contribution in [0.4, 0.5) is 11.4 Å². The summed E-state index contributed by atoms with van der Waals surface area (Å²) in [5, 5.41) is 0. The predicted octanol–water partition coefficient (Wildman–Crippen LogP) is 3.09. The number of rotatable bonds is 3. The number of nitrogens with two attached hydrogens (primary N) is 1. The summed E-state index contributed by atoms with van der Waals surface area (Å²) in [5.74, 6) is 0. The molecule has 0 aliphatic carbocycles. The van der Waals surface area contributed by atoms with Crippen LogP contribution < -0.4 is 16.1 Å². The van der Waals surface area contributed by atoms with Gasteiger partial charge in [0.05, 0.1) is 0 Å². The third kappa shape index (κ3) is 3.55. The molecule has 116 valence electrons. The molecule has 0 aliphatic rings. The summed E-state index contributed by atoms with van der Waals surface area (Å²) in [6, 6.07) is 19.5. The van der Waals surface area contributed by atoms with Crippen molar-refractivity contribution in [3.63, 3.8) is 0 Å². The third-order valence-corrected chi connectivity index (χ3v) is 6.04.